The topological polar surface area (TPSA) is 26.0 Å². The van der Waals surface area contributed by atoms with Gasteiger partial charge in [-0.3, -0.25) is 0 Å². The number of benzene rings is 1. The molecule has 0 aromatic heterocycles. The fraction of sp³-hybridized carbons (Fsp3) is 0.625. The van der Waals surface area contributed by atoms with Gasteiger partial charge in [0.25, 0.3) is 0 Å². The summed E-state index contributed by atoms with van der Waals surface area (Å²) in [5.41, 5.74) is 8.93. The van der Waals surface area contributed by atoms with Crippen LogP contribution >= 0.6 is 0 Å². The van der Waals surface area contributed by atoms with E-state index in [4.69, 9.17) is 5.73 Å². The Hall–Kier alpha value is -0.890. The Labute approximate surface area is 109 Å². The van der Waals surface area contributed by atoms with E-state index in [2.05, 4.69) is 0 Å². The van der Waals surface area contributed by atoms with Crippen molar-refractivity contribution in [2.45, 2.75) is 50.4 Å². The van der Waals surface area contributed by atoms with Gasteiger partial charge in [-0.15, -0.1) is 0 Å². The van der Waals surface area contributed by atoms with Crippen LogP contribution in [0.15, 0.2) is 18.2 Å². The largest absolute Gasteiger partial charge is 0.330 e. The third kappa shape index (κ3) is 1.78. The molecule has 1 spiro atoms. The molecule has 1 unspecified atom stereocenters. The molecule has 1 aromatic rings. The predicted octanol–water partition coefficient (Wildman–Crippen LogP) is 3.55. The van der Waals surface area contributed by atoms with Crippen LogP contribution in [0.1, 0.15) is 49.7 Å². The van der Waals surface area contributed by atoms with E-state index < -0.39 is 0 Å². The van der Waals surface area contributed by atoms with Crippen molar-refractivity contribution in [3.05, 3.63) is 35.1 Å². The van der Waals surface area contributed by atoms with Gasteiger partial charge in [-0.05, 0) is 66.8 Å². The van der Waals surface area contributed by atoms with Crippen molar-refractivity contribution in [3.63, 3.8) is 0 Å². The summed E-state index contributed by atoms with van der Waals surface area (Å²) >= 11 is 0. The van der Waals surface area contributed by atoms with Crippen molar-refractivity contribution in [1.29, 1.82) is 0 Å². The molecule has 18 heavy (non-hydrogen) atoms. The smallest absolute Gasteiger partial charge is 0.123 e. The molecule has 0 bridgehead atoms. The second-order valence-electron chi connectivity index (χ2n) is 5.99. The molecule has 0 aliphatic heterocycles. The highest BCUT2D eigenvalue weighted by Gasteiger charge is 2.43. The number of aryl methyl sites for hydroxylation is 1. The standard InChI is InChI=1S/C16H22FN/c17-14-6-7-15-12(10-14)4-5-13(11-18)16(15)8-2-1-3-9-16/h6-7,10,13H,1-5,8-9,11,18H2. The van der Waals surface area contributed by atoms with E-state index in [1.165, 1.54) is 43.2 Å². The number of nitrogens with two attached hydrogens (primary N) is 1. The third-order valence-corrected chi connectivity index (χ3v) is 5.18. The molecule has 2 heteroatoms. The lowest BCUT2D eigenvalue weighted by atomic mass is 9.57. The fourth-order valence-corrected chi connectivity index (χ4v) is 4.28. The molecule has 3 rings (SSSR count). The van der Waals surface area contributed by atoms with E-state index in [1.807, 2.05) is 6.07 Å². The van der Waals surface area contributed by atoms with Crippen molar-refractivity contribution < 1.29 is 4.39 Å². The first kappa shape index (κ1) is 12.2. The van der Waals surface area contributed by atoms with Crippen molar-refractivity contribution in [3.8, 4) is 0 Å². The molecule has 1 saturated carbocycles. The summed E-state index contributed by atoms with van der Waals surface area (Å²) in [6.07, 6.45) is 8.56. The second kappa shape index (κ2) is 4.65. The third-order valence-electron chi connectivity index (χ3n) is 5.18. The lowest BCUT2D eigenvalue weighted by molar-refractivity contribution is 0.171. The van der Waals surface area contributed by atoms with E-state index >= 15 is 0 Å². The zero-order valence-electron chi connectivity index (χ0n) is 10.9. The minimum Gasteiger partial charge on any atom is -0.330 e. The van der Waals surface area contributed by atoms with Crippen LogP contribution in [0.3, 0.4) is 0 Å². The fourth-order valence-electron chi connectivity index (χ4n) is 4.28. The normalized spacial score (nSPS) is 26.0. The quantitative estimate of drug-likeness (QED) is 0.807. The van der Waals surface area contributed by atoms with Gasteiger partial charge in [-0.2, -0.15) is 0 Å². The number of fused-ring (bicyclic) bond motifs is 2. The monoisotopic (exact) mass is 247 g/mol. The number of hydrogen-bond acceptors (Lipinski definition) is 1. The molecule has 2 aliphatic carbocycles. The van der Waals surface area contributed by atoms with Crippen LogP contribution in [0.5, 0.6) is 0 Å². The maximum absolute atomic E-state index is 13.4. The van der Waals surface area contributed by atoms with Crippen molar-refractivity contribution in [1.82, 2.24) is 0 Å². The van der Waals surface area contributed by atoms with Crippen LogP contribution in [-0.4, -0.2) is 6.54 Å². The van der Waals surface area contributed by atoms with Gasteiger partial charge < -0.3 is 5.73 Å². The van der Waals surface area contributed by atoms with Crippen molar-refractivity contribution in [2.75, 3.05) is 6.54 Å². The maximum Gasteiger partial charge on any atom is 0.123 e. The van der Waals surface area contributed by atoms with Crippen molar-refractivity contribution >= 4 is 0 Å². The molecule has 0 radical (unpaired) electrons. The van der Waals surface area contributed by atoms with E-state index in [9.17, 15) is 4.39 Å². The highest BCUT2D eigenvalue weighted by atomic mass is 19.1. The zero-order valence-corrected chi connectivity index (χ0v) is 10.9. The Kier molecular flexibility index (Phi) is 3.14. The average Bonchev–Trinajstić information content (AvgIpc) is 2.40. The summed E-state index contributed by atoms with van der Waals surface area (Å²) in [7, 11) is 0. The highest BCUT2D eigenvalue weighted by Crippen LogP contribution is 2.50. The highest BCUT2D eigenvalue weighted by molar-refractivity contribution is 5.39. The first-order valence-electron chi connectivity index (χ1n) is 7.25. The Morgan fingerprint density at radius 2 is 2.00 bits per heavy atom. The predicted molar refractivity (Wildman–Crippen MR) is 72.0 cm³/mol. The van der Waals surface area contributed by atoms with Crippen molar-refractivity contribution in [2.24, 2.45) is 11.7 Å². The number of rotatable bonds is 1. The number of hydrogen-bond donors (Lipinski definition) is 1. The van der Waals surface area contributed by atoms with Gasteiger partial charge in [-0.1, -0.05) is 25.3 Å². The SMILES string of the molecule is NCC1CCc2cc(F)ccc2C12CCCCC2. The van der Waals surface area contributed by atoms with Gasteiger partial charge in [0.1, 0.15) is 5.82 Å². The zero-order chi connectivity index (χ0) is 12.6. The molecule has 1 nitrogen and oxygen atoms in total. The Balaban J connectivity index is 2.08. The average molecular weight is 247 g/mol. The molecule has 2 aliphatic rings. The molecule has 0 saturated heterocycles. The molecule has 1 fully saturated rings. The van der Waals surface area contributed by atoms with Crippen LogP contribution in [0.4, 0.5) is 4.39 Å². The maximum atomic E-state index is 13.4. The van der Waals surface area contributed by atoms with Gasteiger partial charge in [0, 0.05) is 0 Å². The van der Waals surface area contributed by atoms with Crippen LogP contribution in [0.25, 0.3) is 0 Å². The molecule has 2 N–H and O–H groups in total. The van der Waals surface area contributed by atoms with Crippen LogP contribution in [-0.2, 0) is 11.8 Å². The van der Waals surface area contributed by atoms with Gasteiger partial charge in [-0.25, -0.2) is 4.39 Å². The van der Waals surface area contributed by atoms with E-state index in [-0.39, 0.29) is 11.2 Å². The van der Waals surface area contributed by atoms with Crippen LogP contribution in [0, 0.1) is 11.7 Å². The van der Waals surface area contributed by atoms with Gasteiger partial charge in [0.15, 0.2) is 0 Å². The lowest BCUT2D eigenvalue weighted by Gasteiger charge is -2.48. The summed E-state index contributed by atoms with van der Waals surface area (Å²) < 4.78 is 13.4. The summed E-state index contributed by atoms with van der Waals surface area (Å²) in [5.74, 6) is 0.502. The molecule has 1 atom stereocenters. The second-order valence-corrected chi connectivity index (χ2v) is 5.99. The molecule has 0 amide bonds. The summed E-state index contributed by atoms with van der Waals surface area (Å²) in [6, 6.07) is 5.42. The summed E-state index contributed by atoms with van der Waals surface area (Å²) in [4.78, 5) is 0. The van der Waals surface area contributed by atoms with E-state index in [0.717, 1.165) is 19.4 Å². The summed E-state index contributed by atoms with van der Waals surface area (Å²) in [6.45, 7) is 0.775. The van der Waals surface area contributed by atoms with E-state index in [1.54, 1.807) is 12.1 Å². The van der Waals surface area contributed by atoms with Crippen LogP contribution in [0.2, 0.25) is 0 Å². The molecular formula is C16H22FN. The Morgan fingerprint density at radius 1 is 1.22 bits per heavy atom. The minimum absolute atomic E-state index is 0.0918. The first-order chi connectivity index (χ1) is 8.76. The molecule has 1 aromatic carbocycles. The van der Waals surface area contributed by atoms with Gasteiger partial charge >= 0.3 is 0 Å². The Morgan fingerprint density at radius 3 is 2.72 bits per heavy atom. The summed E-state index contributed by atoms with van der Waals surface area (Å²) in [5, 5.41) is 0. The number of halogens is 1. The van der Waals surface area contributed by atoms with Crippen LogP contribution < -0.4 is 5.73 Å². The molecule has 0 heterocycles. The minimum atomic E-state index is -0.0918. The Bertz CT molecular complexity index is 435. The first-order valence-corrected chi connectivity index (χ1v) is 7.25. The lowest BCUT2D eigenvalue weighted by Crippen LogP contribution is -2.44. The van der Waals surface area contributed by atoms with Gasteiger partial charge in [0.2, 0.25) is 0 Å². The van der Waals surface area contributed by atoms with Gasteiger partial charge in [0.05, 0.1) is 0 Å². The van der Waals surface area contributed by atoms with E-state index in [0.29, 0.717) is 5.92 Å². The molecule has 98 valence electrons. The molecular weight excluding hydrogens is 225 g/mol.